The maximum absolute atomic E-state index is 11.2. The summed E-state index contributed by atoms with van der Waals surface area (Å²) < 4.78 is 4.75. The molecule has 1 atom stereocenters. The summed E-state index contributed by atoms with van der Waals surface area (Å²) in [5.74, 6) is -1.85. The third-order valence-electron chi connectivity index (χ3n) is 1.82. The van der Waals surface area contributed by atoms with Crippen molar-refractivity contribution in [1.82, 2.24) is 0 Å². The van der Waals surface area contributed by atoms with Crippen LogP contribution in [0.3, 0.4) is 0 Å². The van der Waals surface area contributed by atoms with Gasteiger partial charge >= 0.3 is 11.9 Å². The second-order valence-corrected chi connectivity index (χ2v) is 2.98. The molecule has 0 unspecified atom stereocenters. The number of carbonyl (C=O) groups is 3. The van der Waals surface area contributed by atoms with E-state index >= 15 is 0 Å². The number of esters is 1. The quantitative estimate of drug-likeness (QED) is 0.538. The van der Waals surface area contributed by atoms with Gasteiger partial charge in [-0.1, -0.05) is 6.08 Å². The molecule has 0 radical (unpaired) electrons. The number of ketones is 1. The van der Waals surface area contributed by atoms with Crippen molar-refractivity contribution in [2.24, 2.45) is 0 Å². The number of carboxylic acids is 1. The van der Waals surface area contributed by atoms with E-state index in [4.69, 9.17) is 9.84 Å². The summed E-state index contributed by atoms with van der Waals surface area (Å²) in [5, 5.41) is 8.29. The largest absolute Gasteiger partial charge is 0.478 e. The molecule has 5 heteroatoms. The number of hydrogen-bond donors (Lipinski definition) is 1. The average Bonchev–Trinajstić information content (AvgIpc) is 2.17. The van der Waals surface area contributed by atoms with Gasteiger partial charge in [-0.05, 0) is 18.9 Å². The lowest BCUT2D eigenvalue weighted by molar-refractivity contribution is -0.150. The smallest absolute Gasteiger partial charge is 0.331 e. The van der Waals surface area contributed by atoms with Crippen molar-refractivity contribution in [2.45, 2.75) is 18.9 Å². The standard InChI is InChI=1S/C10H10O5/c11-7-5-6-10(14)15-8(7)3-1-2-4-9(12)13/h2,4-6,8H,1,3H2,(H,12,13)/b4-2+/t8-/m0/s1. The molecule has 0 saturated heterocycles. The molecule has 5 nitrogen and oxygen atoms in total. The molecule has 0 spiro atoms. The molecule has 1 rings (SSSR count). The number of ether oxygens (including phenoxy) is 1. The van der Waals surface area contributed by atoms with Crippen LogP contribution in [-0.2, 0) is 19.1 Å². The molecule has 0 aromatic carbocycles. The van der Waals surface area contributed by atoms with Crippen molar-refractivity contribution in [1.29, 1.82) is 0 Å². The van der Waals surface area contributed by atoms with Crippen molar-refractivity contribution in [3.05, 3.63) is 24.3 Å². The zero-order valence-corrected chi connectivity index (χ0v) is 7.88. The first-order chi connectivity index (χ1) is 7.09. The molecule has 80 valence electrons. The molecule has 1 aliphatic heterocycles. The average molecular weight is 210 g/mol. The lowest BCUT2D eigenvalue weighted by atomic mass is 10.1. The molecule has 0 aromatic rings. The van der Waals surface area contributed by atoms with E-state index in [9.17, 15) is 14.4 Å². The molecule has 0 amide bonds. The normalized spacial score (nSPS) is 20.7. The van der Waals surface area contributed by atoms with Crippen LogP contribution in [0.4, 0.5) is 0 Å². The minimum atomic E-state index is -1.04. The van der Waals surface area contributed by atoms with E-state index < -0.39 is 18.0 Å². The van der Waals surface area contributed by atoms with E-state index in [2.05, 4.69) is 0 Å². The van der Waals surface area contributed by atoms with Gasteiger partial charge in [-0.25, -0.2) is 9.59 Å². The van der Waals surface area contributed by atoms with Gasteiger partial charge in [0.2, 0.25) is 0 Å². The minimum Gasteiger partial charge on any atom is -0.478 e. The Morgan fingerprint density at radius 1 is 1.47 bits per heavy atom. The molecular weight excluding hydrogens is 200 g/mol. The Hall–Kier alpha value is -1.91. The number of carbonyl (C=O) groups excluding carboxylic acids is 2. The maximum Gasteiger partial charge on any atom is 0.331 e. The van der Waals surface area contributed by atoms with Crippen LogP contribution in [-0.4, -0.2) is 28.9 Å². The highest BCUT2D eigenvalue weighted by Gasteiger charge is 2.22. The molecule has 0 bridgehead atoms. The third kappa shape index (κ3) is 3.76. The number of rotatable bonds is 4. The van der Waals surface area contributed by atoms with Gasteiger partial charge in [-0.15, -0.1) is 0 Å². The second kappa shape index (κ2) is 5.09. The Morgan fingerprint density at radius 2 is 2.20 bits per heavy atom. The Kier molecular flexibility index (Phi) is 3.79. The van der Waals surface area contributed by atoms with Crippen molar-refractivity contribution in [2.75, 3.05) is 0 Å². The Morgan fingerprint density at radius 3 is 2.87 bits per heavy atom. The van der Waals surface area contributed by atoms with E-state index in [0.717, 1.165) is 12.2 Å². The summed E-state index contributed by atoms with van der Waals surface area (Å²) in [4.78, 5) is 32.1. The fourth-order valence-corrected chi connectivity index (χ4v) is 1.13. The molecular formula is C10H10O5. The molecule has 1 aliphatic rings. The van der Waals surface area contributed by atoms with Gasteiger partial charge in [-0.3, -0.25) is 4.79 Å². The van der Waals surface area contributed by atoms with Crippen molar-refractivity contribution >= 4 is 17.7 Å². The minimum absolute atomic E-state index is 0.265. The van der Waals surface area contributed by atoms with Crippen LogP contribution in [0.25, 0.3) is 0 Å². The van der Waals surface area contributed by atoms with Crippen molar-refractivity contribution in [3.63, 3.8) is 0 Å². The number of cyclic esters (lactones) is 1. The summed E-state index contributed by atoms with van der Waals surface area (Å²) in [5.41, 5.74) is 0. The number of aliphatic carboxylic acids is 1. The van der Waals surface area contributed by atoms with Gasteiger partial charge in [0.25, 0.3) is 0 Å². The Balaban J connectivity index is 2.39. The SMILES string of the molecule is O=C(O)/C=C/CC[C@@H]1OC(=O)C=CC1=O. The zero-order chi connectivity index (χ0) is 11.3. The molecule has 15 heavy (non-hydrogen) atoms. The van der Waals surface area contributed by atoms with E-state index in [1.807, 2.05) is 0 Å². The topological polar surface area (TPSA) is 80.7 Å². The first-order valence-corrected chi connectivity index (χ1v) is 4.41. The highest BCUT2D eigenvalue weighted by atomic mass is 16.5. The van der Waals surface area contributed by atoms with Gasteiger partial charge in [0, 0.05) is 12.2 Å². The van der Waals surface area contributed by atoms with Crippen LogP contribution >= 0.6 is 0 Å². The molecule has 1 N–H and O–H groups in total. The van der Waals surface area contributed by atoms with Crippen molar-refractivity contribution in [3.8, 4) is 0 Å². The zero-order valence-electron chi connectivity index (χ0n) is 7.88. The van der Waals surface area contributed by atoms with E-state index in [1.165, 1.54) is 12.2 Å². The van der Waals surface area contributed by atoms with Crippen LogP contribution in [0.5, 0.6) is 0 Å². The molecule has 0 fully saturated rings. The van der Waals surface area contributed by atoms with E-state index in [-0.39, 0.29) is 5.78 Å². The summed E-state index contributed by atoms with van der Waals surface area (Å²) >= 11 is 0. The molecule has 0 aromatic heterocycles. The van der Waals surface area contributed by atoms with Crippen LogP contribution < -0.4 is 0 Å². The van der Waals surface area contributed by atoms with Gasteiger partial charge < -0.3 is 9.84 Å². The van der Waals surface area contributed by atoms with Crippen LogP contribution in [0, 0.1) is 0 Å². The highest BCUT2D eigenvalue weighted by molar-refractivity contribution is 6.02. The summed E-state index contributed by atoms with van der Waals surface area (Å²) in [7, 11) is 0. The first kappa shape index (κ1) is 11.2. The molecule has 0 saturated carbocycles. The van der Waals surface area contributed by atoms with Gasteiger partial charge in [-0.2, -0.15) is 0 Å². The van der Waals surface area contributed by atoms with E-state index in [1.54, 1.807) is 0 Å². The highest BCUT2D eigenvalue weighted by Crippen LogP contribution is 2.10. The predicted molar refractivity (Wildman–Crippen MR) is 50.0 cm³/mol. The van der Waals surface area contributed by atoms with Crippen LogP contribution in [0.1, 0.15) is 12.8 Å². The monoisotopic (exact) mass is 210 g/mol. The van der Waals surface area contributed by atoms with Crippen molar-refractivity contribution < 1.29 is 24.2 Å². The third-order valence-corrected chi connectivity index (χ3v) is 1.82. The van der Waals surface area contributed by atoms with Gasteiger partial charge in [0.1, 0.15) is 0 Å². The fourth-order valence-electron chi connectivity index (χ4n) is 1.13. The van der Waals surface area contributed by atoms with Crippen LogP contribution in [0.2, 0.25) is 0 Å². The number of allylic oxidation sites excluding steroid dienone is 1. The fraction of sp³-hybridized carbons (Fsp3) is 0.300. The lowest BCUT2D eigenvalue weighted by Crippen LogP contribution is -2.28. The predicted octanol–water partition coefficient (Wildman–Crippen LogP) is 0.458. The number of hydrogen-bond acceptors (Lipinski definition) is 4. The second-order valence-electron chi connectivity index (χ2n) is 2.98. The van der Waals surface area contributed by atoms with Gasteiger partial charge in [0.05, 0.1) is 0 Å². The summed E-state index contributed by atoms with van der Waals surface area (Å²) in [6.45, 7) is 0. The summed E-state index contributed by atoms with van der Waals surface area (Å²) in [6, 6.07) is 0. The summed E-state index contributed by atoms with van der Waals surface area (Å²) in [6.07, 6.45) is 4.57. The first-order valence-electron chi connectivity index (χ1n) is 4.41. The maximum atomic E-state index is 11.2. The molecule has 1 heterocycles. The number of carboxylic acid groups (broad SMARTS) is 1. The van der Waals surface area contributed by atoms with Crippen LogP contribution in [0.15, 0.2) is 24.3 Å². The molecule has 0 aliphatic carbocycles. The Bertz CT molecular complexity index is 340. The Labute approximate surface area is 86.0 Å². The lowest BCUT2D eigenvalue weighted by Gasteiger charge is -2.16. The van der Waals surface area contributed by atoms with E-state index in [0.29, 0.717) is 12.8 Å². The van der Waals surface area contributed by atoms with Gasteiger partial charge in [0.15, 0.2) is 11.9 Å².